The minimum atomic E-state index is -0.131. The molecule has 0 spiro atoms. The van der Waals surface area contributed by atoms with Crippen molar-refractivity contribution in [1.82, 2.24) is 4.57 Å². The molecule has 3 aliphatic rings. The molecule has 3 heterocycles. The van der Waals surface area contributed by atoms with Crippen LogP contribution in [0, 0.1) is 6.92 Å². The van der Waals surface area contributed by atoms with Crippen molar-refractivity contribution in [2.75, 3.05) is 0 Å². The highest BCUT2D eigenvalue weighted by Crippen LogP contribution is 2.49. The number of nitrogens with two attached hydrogens (primary N) is 1. The molecule has 1 aliphatic carbocycles. The van der Waals surface area contributed by atoms with Crippen LogP contribution in [-0.4, -0.2) is 15.4 Å². The normalized spacial score (nSPS) is 24.6. The number of fused-ring (bicyclic) bond motifs is 4. The molecule has 0 bridgehead atoms. The number of hydrogen-bond acceptors (Lipinski definition) is 4. The number of carbonyl (C=O) groups is 1. The summed E-state index contributed by atoms with van der Waals surface area (Å²) in [6, 6.07) is 2.02. The molecule has 4 nitrogen and oxygen atoms in total. The second kappa shape index (κ2) is 3.82. The van der Waals surface area contributed by atoms with Crippen LogP contribution in [0.4, 0.5) is 0 Å². The van der Waals surface area contributed by atoms with Gasteiger partial charge in [-0.15, -0.1) is 0 Å². The molecule has 102 valence electrons. The number of nitrogens with zero attached hydrogens (tertiary/aromatic N) is 1. The number of hydrogen-bond donors (Lipinski definition) is 1. The van der Waals surface area contributed by atoms with Gasteiger partial charge in [0.2, 0.25) is 0 Å². The Morgan fingerprint density at radius 1 is 1.40 bits per heavy atom. The van der Waals surface area contributed by atoms with Crippen LogP contribution in [0.2, 0.25) is 0 Å². The summed E-state index contributed by atoms with van der Waals surface area (Å²) >= 11 is 5.37. The van der Waals surface area contributed by atoms with Gasteiger partial charge in [0.05, 0.1) is 11.5 Å². The Morgan fingerprint density at radius 2 is 2.20 bits per heavy atom. The van der Waals surface area contributed by atoms with Crippen molar-refractivity contribution < 1.29 is 9.53 Å². The molecule has 0 saturated carbocycles. The summed E-state index contributed by atoms with van der Waals surface area (Å²) in [7, 11) is 0. The fourth-order valence-electron chi connectivity index (χ4n) is 3.47. The number of allylic oxidation sites excluding steroid dienone is 2. The first-order valence-electron chi connectivity index (χ1n) is 6.76. The molecule has 5 heteroatoms. The average Bonchev–Trinajstić information content (AvgIpc) is 2.91. The van der Waals surface area contributed by atoms with Gasteiger partial charge in [-0.3, -0.25) is 4.79 Å². The second-order valence-electron chi connectivity index (χ2n) is 5.49. The lowest BCUT2D eigenvalue weighted by molar-refractivity contribution is -0.116. The van der Waals surface area contributed by atoms with Crippen molar-refractivity contribution in [3.05, 3.63) is 40.4 Å². The van der Waals surface area contributed by atoms with Crippen LogP contribution in [0.3, 0.4) is 0 Å². The molecular formula is C15H14N2O2S. The first-order chi connectivity index (χ1) is 9.59. The number of aryl methyl sites for hydroxylation is 1. The fourth-order valence-corrected chi connectivity index (χ4v) is 3.79. The molecule has 0 saturated heterocycles. The molecule has 20 heavy (non-hydrogen) atoms. The Hall–Kier alpha value is -1.88. The van der Waals surface area contributed by atoms with Gasteiger partial charge in [-0.2, -0.15) is 0 Å². The molecule has 1 aromatic rings. The lowest BCUT2D eigenvalue weighted by atomic mass is 9.79. The Labute approximate surface area is 121 Å². The standard InChI is InChI=1S/C15H14N2O2S/c1-7-5-6-17-13(7)11-10-8(18)3-2-4-9(10)19-15(20)12(11)14(17)16/h5-6,11H,2-4,16H2,1H3. The van der Waals surface area contributed by atoms with E-state index in [1.54, 1.807) is 0 Å². The van der Waals surface area contributed by atoms with Crippen LogP contribution in [-0.2, 0) is 9.53 Å². The maximum absolute atomic E-state index is 12.4. The Bertz CT molecular complexity index is 739. The molecule has 1 aromatic heterocycles. The summed E-state index contributed by atoms with van der Waals surface area (Å²) in [6.07, 6.45) is 4.13. The van der Waals surface area contributed by atoms with Gasteiger partial charge in [-0.1, -0.05) is 0 Å². The van der Waals surface area contributed by atoms with Gasteiger partial charge in [-0.25, -0.2) is 0 Å². The van der Waals surface area contributed by atoms with E-state index in [1.807, 2.05) is 23.8 Å². The predicted molar refractivity (Wildman–Crippen MR) is 78.9 cm³/mol. The van der Waals surface area contributed by atoms with Crippen LogP contribution >= 0.6 is 12.2 Å². The largest absolute Gasteiger partial charge is 0.449 e. The SMILES string of the molecule is Cc1ccn2c1C1C3=C(CCCC3=O)OC(=S)C1=C2N. The van der Waals surface area contributed by atoms with E-state index in [0.717, 1.165) is 41.0 Å². The van der Waals surface area contributed by atoms with Gasteiger partial charge in [0, 0.05) is 30.3 Å². The smallest absolute Gasteiger partial charge is 0.198 e. The first-order valence-corrected chi connectivity index (χ1v) is 7.16. The average molecular weight is 286 g/mol. The molecule has 2 N–H and O–H groups in total. The van der Waals surface area contributed by atoms with Crippen LogP contribution in [0.5, 0.6) is 0 Å². The maximum atomic E-state index is 12.4. The highest BCUT2D eigenvalue weighted by molar-refractivity contribution is 7.80. The van der Waals surface area contributed by atoms with Gasteiger partial charge in [-0.05, 0) is 37.2 Å². The van der Waals surface area contributed by atoms with Crippen molar-refractivity contribution in [3.63, 3.8) is 0 Å². The molecular weight excluding hydrogens is 272 g/mol. The van der Waals surface area contributed by atoms with E-state index in [1.165, 1.54) is 0 Å². The van der Waals surface area contributed by atoms with Crippen LogP contribution < -0.4 is 5.73 Å². The van der Waals surface area contributed by atoms with Gasteiger partial charge in [0.15, 0.2) is 10.8 Å². The fraction of sp³-hybridized carbons (Fsp3) is 0.333. The minimum absolute atomic E-state index is 0.131. The molecule has 0 amide bonds. The van der Waals surface area contributed by atoms with E-state index >= 15 is 0 Å². The lowest BCUT2D eigenvalue weighted by Gasteiger charge is -2.30. The monoisotopic (exact) mass is 286 g/mol. The van der Waals surface area contributed by atoms with E-state index in [9.17, 15) is 4.79 Å². The Balaban J connectivity index is 2.03. The van der Waals surface area contributed by atoms with Crippen LogP contribution in [0.15, 0.2) is 29.2 Å². The summed E-state index contributed by atoms with van der Waals surface area (Å²) in [5, 5.41) is 0.420. The number of ether oxygens (including phenoxy) is 1. The Morgan fingerprint density at radius 3 is 3.00 bits per heavy atom. The summed E-state index contributed by atoms with van der Waals surface area (Å²) < 4.78 is 7.66. The van der Waals surface area contributed by atoms with Crippen molar-refractivity contribution in [2.45, 2.75) is 32.1 Å². The van der Waals surface area contributed by atoms with E-state index < -0.39 is 0 Å². The number of ketones is 1. The Kier molecular flexibility index (Phi) is 2.27. The quantitative estimate of drug-likeness (QED) is 0.744. The predicted octanol–water partition coefficient (Wildman–Crippen LogP) is 2.39. The van der Waals surface area contributed by atoms with E-state index in [4.69, 9.17) is 22.7 Å². The minimum Gasteiger partial charge on any atom is -0.449 e. The van der Waals surface area contributed by atoms with Gasteiger partial charge in [0.25, 0.3) is 0 Å². The van der Waals surface area contributed by atoms with Crippen molar-refractivity contribution in [2.24, 2.45) is 5.73 Å². The summed E-state index contributed by atoms with van der Waals surface area (Å²) in [4.78, 5) is 12.4. The maximum Gasteiger partial charge on any atom is 0.198 e. The molecule has 0 aromatic carbocycles. The highest BCUT2D eigenvalue weighted by Gasteiger charge is 2.45. The third-order valence-corrected chi connectivity index (χ3v) is 4.67. The summed E-state index contributed by atoms with van der Waals surface area (Å²) in [6.45, 7) is 2.04. The van der Waals surface area contributed by atoms with Crippen LogP contribution in [0.1, 0.15) is 36.4 Å². The number of aromatic nitrogens is 1. The van der Waals surface area contributed by atoms with E-state index in [0.29, 0.717) is 17.3 Å². The third kappa shape index (κ3) is 1.31. The topological polar surface area (TPSA) is 57.2 Å². The zero-order valence-electron chi connectivity index (χ0n) is 11.1. The molecule has 0 fully saturated rings. The first kappa shape index (κ1) is 11.9. The lowest BCUT2D eigenvalue weighted by Crippen LogP contribution is -2.28. The zero-order chi connectivity index (χ0) is 14.0. The molecule has 0 radical (unpaired) electrons. The zero-order valence-corrected chi connectivity index (χ0v) is 11.9. The van der Waals surface area contributed by atoms with Gasteiger partial charge >= 0.3 is 0 Å². The van der Waals surface area contributed by atoms with E-state index in [2.05, 4.69) is 0 Å². The summed E-state index contributed by atoms with van der Waals surface area (Å²) in [5.74, 6) is 1.38. The molecule has 4 rings (SSSR count). The molecule has 1 atom stereocenters. The van der Waals surface area contributed by atoms with Crippen molar-refractivity contribution in [1.29, 1.82) is 0 Å². The summed E-state index contributed by atoms with van der Waals surface area (Å²) in [5.41, 5.74) is 9.95. The highest BCUT2D eigenvalue weighted by atomic mass is 32.1. The number of Topliss-reactive ketones (excluding diaryl/α,β-unsaturated/α-hetero) is 1. The third-order valence-electron chi connectivity index (χ3n) is 4.37. The van der Waals surface area contributed by atoms with E-state index in [-0.39, 0.29) is 11.7 Å². The van der Waals surface area contributed by atoms with Gasteiger partial charge < -0.3 is 15.0 Å². The number of rotatable bonds is 0. The number of carbonyl (C=O) groups excluding carboxylic acids is 1. The van der Waals surface area contributed by atoms with Crippen molar-refractivity contribution >= 4 is 28.9 Å². The second-order valence-corrected chi connectivity index (χ2v) is 5.86. The van der Waals surface area contributed by atoms with Crippen LogP contribution in [0.25, 0.3) is 5.82 Å². The molecule has 1 unspecified atom stereocenters. The van der Waals surface area contributed by atoms with Gasteiger partial charge in [0.1, 0.15) is 11.6 Å². The number of thiocarbonyl (C=S) groups is 1. The molecule has 2 aliphatic heterocycles. The van der Waals surface area contributed by atoms with Crippen molar-refractivity contribution in [3.8, 4) is 0 Å².